The lowest BCUT2D eigenvalue weighted by Crippen LogP contribution is -2.19. The Morgan fingerprint density at radius 1 is 1.28 bits per heavy atom. The van der Waals surface area contributed by atoms with E-state index in [1.807, 2.05) is 7.05 Å². The highest BCUT2D eigenvalue weighted by Gasteiger charge is 2.22. The lowest BCUT2D eigenvalue weighted by atomic mass is 9.92. The first kappa shape index (κ1) is 15.6. The minimum atomic E-state index is 0.0288. The van der Waals surface area contributed by atoms with Gasteiger partial charge in [0.1, 0.15) is 11.6 Å². The van der Waals surface area contributed by atoms with Gasteiger partial charge in [0.05, 0.1) is 9.26 Å². The van der Waals surface area contributed by atoms with Gasteiger partial charge < -0.3 is 10.1 Å². The highest BCUT2D eigenvalue weighted by molar-refractivity contribution is 14.1. The average Bonchev–Trinajstić information content (AvgIpc) is 2.29. The van der Waals surface area contributed by atoms with Crippen LogP contribution >= 0.6 is 22.6 Å². The maximum Gasteiger partial charge on any atom is 0.143 e. The molecular weight excluding hydrogens is 341 g/mol. The first-order valence-electron chi connectivity index (χ1n) is 6.13. The standard InChI is InChI=1S/C13H22IN3O/c1-13(2,3)11-10(14)12(15-4)17-9(16-11)7-6-8-18-5/h6-8H2,1-5H3,(H,15,16,17). The lowest BCUT2D eigenvalue weighted by molar-refractivity contribution is 0.194. The summed E-state index contributed by atoms with van der Waals surface area (Å²) in [4.78, 5) is 9.26. The number of hydrogen-bond acceptors (Lipinski definition) is 4. The van der Waals surface area contributed by atoms with Crippen LogP contribution in [-0.4, -0.2) is 30.7 Å². The fraction of sp³-hybridized carbons (Fsp3) is 0.692. The van der Waals surface area contributed by atoms with Crippen molar-refractivity contribution in [1.29, 1.82) is 0 Å². The number of halogens is 1. The van der Waals surface area contributed by atoms with Crippen LogP contribution < -0.4 is 5.32 Å². The van der Waals surface area contributed by atoms with Crippen LogP contribution in [0.1, 0.15) is 38.7 Å². The zero-order valence-corrected chi connectivity index (χ0v) is 14.0. The Bertz CT molecular complexity index is 402. The molecule has 0 saturated heterocycles. The summed E-state index contributed by atoms with van der Waals surface area (Å²) in [7, 11) is 3.62. The molecule has 1 heterocycles. The summed E-state index contributed by atoms with van der Waals surface area (Å²) in [6.45, 7) is 7.27. The molecule has 0 aromatic carbocycles. The average molecular weight is 363 g/mol. The van der Waals surface area contributed by atoms with Crippen molar-refractivity contribution in [3.8, 4) is 0 Å². The first-order valence-corrected chi connectivity index (χ1v) is 7.21. The number of nitrogens with zero attached hydrogens (tertiary/aromatic N) is 2. The third-order valence-electron chi connectivity index (χ3n) is 2.59. The molecule has 0 aliphatic carbocycles. The van der Waals surface area contributed by atoms with E-state index in [9.17, 15) is 0 Å². The van der Waals surface area contributed by atoms with Gasteiger partial charge in [0.2, 0.25) is 0 Å². The summed E-state index contributed by atoms with van der Waals surface area (Å²) >= 11 is 2.32. The predicted molar refractivity (Wildman–Crippen MR) is 83.2 cm³/mol. The maximum atomic E-state index is 5.07. The van der Waals surface area contributed by atoms with Crippen LogP contribution in [0, 0.1) is 3.57 Å². The van der Waals surface area contributed by atoms with E-state index in [2.05, 4.69) is 53.7 Å². The zero-order valence-electron chi connectivity index (χ0n) is 11.8. The van der Waals surface area contributed by atoms with E-state index in [-0.39, 0.29) is 5.41 Å². The van der Waals surface area contributed by atoms with Crippen molar-refractivity contribution in [2.24, 2.45) is 0 Å². The third kappa shape index (κ3) is 4.05. The normalized spacial score (nSPS) is 11.7. The number of aromatic nitrogens is 2. The summed E-state index contributed by atoms with van der Waals surface area (Å²) < 4.78 is 6.18. The van der Waals surface area contributed by atoms with E-state index in [0.717, 1.165) is 40.4 Å². The second-order valence-electron chi connectivity index (χ2n) is 5.25. The van der Waals surface area contributed by atoms with Gasteiger partial charge in [-0.15, -0.1) is 0 Å². The minimum Gasteiger partial charge on any atom is -0.385 e. The second kappa shape index (κ2) is 6.65. The summed E-state index contributed by atoms with van der Waals surface area (Å²) in [5, 5.41) is 3.15. The van der Waals surface area contributed by atoms with Gasteiger partial charge in [0.25, 0.3) is 0 Å². The summed E-state index contributed by atoms with van der Waals surface area (Å²) in [6.07, 6.45) is 1.80. The Labute approximate surface area is 123 Å². The van der Waals surface area contributed by atoms with Crippen LogP contribution in [0.3, 0.4) is 0 Å². The maximum absolute atomic E-state index is 5.07. The van der Waals surface area contributed by atoms with E-state index >= 15 is 0 Å². The Balaban J connectivity index is 3.06. The van der Waals surface area contributed by atoms with Gasteiger partial charge in [-0.05, 0) is 29.0 Å². The molecule has 0 amide bonds. The molecule has 0 atom stereocenters. The van der Waals surface area contributed by atoms with Crippen LogP contribution in [0.2, 0.25) is 0 Å². The second-order valence-corrected chi connectivity index (χ2v) is 6.33. The van der Waals surface area contributed by atoms with Crippen LogP contribution in [0.15, 0.2) is 0 Å². The number of methoxy groups -OCH3 is 1. The van der Waals surface area contributed by atoms with Crippen molar-refractivity contribution in [2.45, 2.75) is 39.0 Å². The fourth-order valence-electron chi connectivity index (χ4n) is 1.64. The monoisotopic (exact) mass is 363 g/mol. The van der Waals surface area contributed by atoms with Crippen molar-refractivity contribution in [3.05, 3.63) is 15.1 Å². The fourth-order valence-corrected chi connectivity index (χ4v) is 2.96. The molecule has 18 heavy (non-hydrogen) atoms. The van der Waals surface area contributed by atoms with Crippen molar-refractivity contribution in [2.75, 3.05) is 26.1 Å². The quantitative estimate of drug-likeness (QED) is 0.646. The highest BCUT2D eigenvalue weighted by atomic mass is 127. The van der Waals surface area contributed by atoms with Gasteiger partial charge in [-0.3, -0.25) is 0 Å². The van der Waals surface area contributed by atoms with Gasteiger partial charge in [0.15, 0.2) is 0 Å². The van der Waals surface area contributed by atoms with E-state index in [1.165, 1.54) is 0 Å². The number of rotatable bonds is 5. The van der Waals surface area contributed by atoms with Crippen LogP contribution in [0.25, 0.3) is 0 Å². The third-order valence-corrected chi connectivity index (χ3v) is 3.62. The van der Waals surface area contributed by atoms with Crippen molar-refractivity contribution < 1.29 is 4.74 Å². The molecule has 0 bridgehead atoms. The van der Waals surface area contributed by atoms with Crippen LogP contribution in [0.5, 0.6) is 0 Å². The smallest absolute Gasteiger partial charge is 0.143 e. The van der Waals surface area contributed by atoms with Crippen molar-refractivity contribution in [1.82, 2.24) is 9.97 Å². The summed E-state index contributed by atoms with van der Waals surface area (Å²) in [5.41, 5.74) is 1.14. The molecule has 0 fully saturated rings. The molecule has 1 aromatic rings. The SMILES string of the molecule is CNc1nc(CCCOC)nc(C(C)(C)C)c1I. The van der Waals surface area contributed by atoms with Crippen LogP contribution in [-0.2, 0) is 16.6 Å². The highest BCUT2D eigenvalue weighted by Crippen LogP contribution is 2.29. The zero-order chi connectivity index (χ0) is 13.8. The molecule has 5 heteroatoms. The van der Waals surface area contributed by atoms with Crippen LogP contribution in [0.4, 0.5) is 5.82 Å². The Kier molecular flexibility index (Phi) is 5.78. The Morgan fingerprint density at radius 2 is 1.94 bits per heavy atom. The molecule has 0 radical (unpaired) electrons. The number of hydrogen-bond donors (Lipinski definition) is 1. The predicted octanol–water partition coefficient (Wildman–Crippen LogP) is 3.00. The molecule has 0 spiro atoms. The van der Waals surface area contributed by atoms with Crippen molar-refractivity contribution >= 4 is 28.4 Å². The molecule has 1 aromatic heterocycles. The molecule has 1 N–H and O–H groups in total. The van der Waals surface area contributed by atoms with Gasteiger partial charge in [-0.2, -0.15) is 0 Å². The van der Waals surface area contributed by atoms with E-state index < -0.39 is 0 Å². The molecule has 4 nitrogen and oxygen atoms in total. The van der Waals surface area contributed by atoms with Gasteiger partial charge in [-0.25, -0.2) is 9.97 Å². The summed E-state index contributed by atoms with van der Waals surface area (Å²) in [5.74, 6) is 1.81. The van der Waals surface area contributed by atoms with E-state index in [1.54, 1.807) is 7.11 Å². The molecule has 0 aliphatic heterocycles. The van der Waals surface area contributed by atoms with Gasteiger partial charge in [-0.1, -0.05) is 20.8 Å². The Hall–Kier alpha value is -0.430. The van der Waals surface area contributed by atoms with E-state index in [4.69, 9.17) is 9.72 Å². The molecule has 0 aliphatic rings. The number of ether oxygens (including phenoxy) is 1. The molecular formula is C13H22IN3O. The van der Waals surface area contributed by atoms with Crippen molar-refractivity contribution in [3.63, 3.8) is 0 Å². The molecule has 1 rings (SSSR count). The Morgan fingerprint density at radius 3 is 2.44 bits per heavy atom. The number of anilines is 1. The largest absolute Gasteiger partial charge is 0.385 e. The summed E-state index contributed by atoms with van der Waals surface area (Å²) in [6, 6.07) is 0. The molecule has 102 valence electrons. The minimum absolute atomic E-state index is 0.0288. The topological polar surface area (TPSA) is 47.0 Å². The lowest BCUT2D eigenvalue weighted by Gasteiger charge is -2.21. The van der Waals surface area contributed by atoms with Gasteiger partial charge >= 0.3 is 0 Å². The molecule has 0 unspecified atom stereocenters. The number of aryl methyl sites for hydroxylation is 1. The first-order chi connectivity index (χ1) is 8.40. The number of nitrogens with one attached hydrogen (secondary N) is 1. The molecule has 0 saturated carbocycles. The van der Waals surface area contributed by atoms with Gasteiger partial charge in [0, 0.05) is 32.6 Å². The van der Waals surface area contributed by atoms with E-state index in [0.29, 0.717) is 0 Å².